The van der Waals surface area contributed by atoms with Crippen molar-refractivity contribution in [2.75, 3.05) is 13.7 Å². The second-order valence-electron chi connectivity index (χ2n) is 6.35. The Bertz CT molecular complexity index is 541. The Balaban J connectivity index is 2.42. The zero-order valence-corrected chi connectivity index (χ0v) is 14.5. The lowest BCUT2D eigenvalue weighted by atomic mass is 9.76. The van der Waals surface area contributed by atoms with Gasteiger partial charge in [-0.15, -0.1) is 0 Å². The molecule has 0 radical (unpaired) electrons. The van der Waals surface area contributed by atoms with Crippen LogP contribution in [0.5, 0.6) is 0 Å². The zero-order valence-electron chi connectivity index (χ0n) is 14.5. The number of methoxy groups -OCH3 is 1. The van der Waals surface area contributed by atoms with Crippen LogP contribution in [0.25, 0.3) is 0 Å². The summed E-state index contributed by atoms with van der Waals surface area (Å²) < 4.78 is 10.4. The molecule has 5 nitrogen and oxygen atoms in total. The van der Waals surface area contributed by atoms with Crippen molar-refractivity contribution in [3.63, 3.8) is 0 Å². The summed E-state index contributed by atoms with van der Waals surface area (Å²) in [7, 11) is 1.38. The van der Waals surface area contributed by atoms with Gasteiger partial charge < -0.3 is 14.8 Å². The Morgan fingerprint density at radius 1 is 1.09 bits per heavy atom. The minimum absolute atomic E-state index is 0.226. The molecule has 1 atom stereocenters. The van der Waals surface area contributed by atoms with Crippen molar-refractivity contribution in [1.29, 1.82) is 0 Å². The van der Waals surface area contributed by atoms with E-state index in [1.165, 1.54) is 7.11 Å². The minimum atomic E-state index is -0.361. The number of nitrogens with one attached hydrogen (secondary N) is 1. The van der Waals surface area contributed by atoms with E-state index in [-0.39, 0.29) is 17.9 Å². The fraction of sp³-hybridized carbons (Fsp3) is 0.667. The number of dihydropyridines is 1. The third-order valence-electron chi connectivity index (χ3n) is 4.74. The van der Waals surface area contributed by atoms with Crippen LogP contribution in [0.15, 0.2) is 22.5 Å². The van der Waals surface area contributed by atoms with Crippen molar-refractivity contribution in [2.24, 2.45) is 11.8 Å². The van der Waals surface area contributed by atoms with Gasteiger partial charge in [-0.1, -0.05) is 19.8 Å². The first-order valence-corrected chi connectivity index (χ1v) is 8.45. The van der Waals surface area contributed by atoms with E-state index in [1.54, 1.807) is 0 Å². The molecule has 0 aromatic rings. The summed E-state index contributed by atoms with van der Waals surface area (Å²) in [4.78, 5) is 24.9. The fourth-order valence-electron chi connectivity index (χ4n) is 3.73. The summed E-state index contributed by atoms with van der Waals surface area (Å²) >= 11 is 0. The highest BCUT2D eigenvalue weighted by Gasteiger charge is 2.41. The quantitative estimate of drug-likeness (QED) is 0.788. The van der Waals surface area contributed by atoms with E-state index < -0.39 is 0 Å². The Hall–Kier alpha value is -1.78. The molecule has 1 saturated carbocycles. The lowest BCUT2D eigenvalue weighted by molar-refractivity contribution is -0.140. The summed E-state index contributed by atoms with van der Waals surface area (Å²) in [5.41, 5.74) is 2.73. The largest absolute Gasteiger partial charge is 0.466 e. The molecule has 23 heavy (non-hydrogen) atoms. The second-order valence-corrected chi connectivity index (χ2v) is 6.35. The first kappa shape index (κ1) is 17.6. The molecule has 0 spiro atoms. The lowest BCUT2D eigenvalue weighted by Crippen LogP contribution is -2.36. The maximum absolute atomic E-state index is 12.6. The SMILES string of the molecule is CCCOC(=O)C1=C(C)NC(C)=C(C(=O)OC)C1C1CCCC1. The Labute approximate surface area is 138 Å². The van der Waals surface area contributed by atoms with Crippen LogP contribution in [0.4, 0.5) is 0 Å². The summed E-state index contributed by atoms with van der Waals surface area (Å²) in [6.45, 7) is 6.10. The molecule has 0 bridgehead atoms. The van der Waals surface area contributed by atoms with Crippen LogP contribution in [0.3, 0.4) is 0 Å². The van der Waals surface area contributed by atoms with Gasteiger partial charge in [0.15, 0.2) is 0 Å². The summed E-state index contributed by atoms with van der Waals surface area (Å²) in [5.74, 6) is -0.612. The average Bonchev–Trinajstić information content (AvgIpc) is 3.05. The number of esters is 2. The molecular weight excluding hydrogens is 294 g/mol. The summed E-state index contributed by atoms with van der Waals surface area (Å²) in [6.07, 6.45) is 5.10. The Morgan fingerprint density at radius 3 is 2.17 bits per heavy atom. The maximum atomic E-state index is 12.6. The normalized spacial score (nSPS) is 22.2. The van der Waals surface area contributed by atoms with Gasteiger partial charge in [-0.2, -0.15) is 0 Å². The van der Waals surface area contributed by atoms with Crippen LogP contribution in [-0.4, -0.2) is 25.7 Å². The molecule has 0 saturated heterocycles. The van der Waals surface area contributed by atoms with Gasteiger partial charge in [0.25, 0.3) is 0 Å². The van der Waals surface area contributed by atoms with Gasteiger partial charge in [0.2, 0.25) is 0 Å². The molecule has 0 amide bonds. The number of hydrogen-bond acceptors (Lipinski definition) is 5. The first-order valence-electron chi connectivity index (χ1n) is 8.45. The summed E-state index contributed by atoms with van der Waals surface area (Å²) in [5, 5.41) is 3.16. The molecule has 2 aliphatic rings. The number of ether oxygens (including phenoxy) is 2. The van der Waals surface area contributed by atoms with Crippen LogP contribution in [-0.2, 0) is 19.1 Å². The minimum Gasteiger partial charge on any atom is -0.466 e. The molecule has 1 unspecified atom stereocenters. The molecule has 128 valence electrons. The number of carbonyl (C=O) groups excluding carboxylic acids is 2. The molecule has 1 fully saturated rings. The average molecular weight is 321 g/mol. The Kier molecular flexibility index (Phi) is 5.85. The fourth-order valence-corrected chi connectivity index (χ4v) is 3.73. The molecule has 5 heteroatoms. The van der Waals surface area contributed by atoms with Crippen LogP contribution in [0.1, 0.15) is 52.9 Å². The zero-order chi connectivity index (χ0) is 17.0. The van der Waals surface area contributed by atoms with Gasteiger partial charge >= 0.3 is 11.9 Å². The van der Waals surface area contributed by atoms with E-state index in [1.807, 2.05) is 20.8 Å². The number of allylic oxidation sites excluding steroid dienone is 2. The number of carbonyl (C=O) groups is 2. The van der Waals surface area contributed by atoms with Crippen molar-refractivity contribution in [3.05, 3.63) is 22.5 Å². The number of rotatable bonds is 5. The maximum Gasteiger partial charge on any atom is 0.336 e. The third kappa shape index (κ3) is 3.59. The molecule has 0 aromatic carbocycles. The highest BCUT2D eigenvalue weighted by atomic mass is 16.5. The molecule has 0 aromatic heterocycles. The molecular formula is C18H27NO4. The van der Waals surface area contributed by atoms with Crippen LogP contribution in [0.2, 0.25) is 0 Å². The summed E-state index contributed by atoms with van der Waals surface area (Å²) in [6, 6.07) is 0. The van der Waals surface area contributed by atoms with Gasteiger partial charge in [-0.3, -0.25) is 0 Å². The van der Waals surface area contributed by atoms with E-state index in [2.05, 4.69) is 5.32 Å². The van der Waals surface area contributed by atoms with Gasteiger partial charge in [-0.05, 0) is 39.0 Å². The van der Waals surface area contributed by atoms with Crippen molar-refractivity contribution in [2.45, 2.75) is 52.9 Å². The highest BCUT2D eigenvalue weighted by molar-refractivity contribution is 5.97. The first-order chi connectivity index (χ1) is 11.0. The lowest BCUT2D eigenvalue weighted by Gasteiger charge is -2.33. The monoisotopic (exact) mass is 321 g/mol. The predicted octanol–water partition coefficient (Wildman–Crippen LogP) is 3.07. The predicted molar refractivity (Wildman–Crippen MR) is 87.2 cm³/mol. The van der Waals surface area contributed by atoms with E-state index in [0.717, 1.165) is 43.5 Å². The van der Waals surface area contributed by atoms with Crippen LogP contribution in [0, 0.1) is 11.8 Å². The van der Waals surface area contributed by atoms with E-state index in [0.29, 0.717) is 23.7 Å². The van der Waals surface area contributed by atoms with Gasteiger partial charge in [0.05, 0.1) is 24.9 Å². The van der Waals surface area contributed by atoms with Crippen molar-refractivity contribution in [1.82, 2.24) is 5.32 Å². The Morgan fingerprint density at radius 2 is 1.65 bits per heavy atom. The van der Waals surface area contributed by atoms with Crippen LogP contribution < -0.4 is 5.32 Å². The third-order valence-corrected chi connectivity index (χ3v) is 4.74. The van der Waals surface area contributed by atoms with Gasteiger partial charge in [0.1, 0.15) is 0 Å². The number of hydrogen-bond donors (Lipinski definition) is 1. The van der Waals surface area contributed by atoms with E-state index >= 15 is 0 Å². The van der Waals surface area contributed by atoms with Gasteiger partial charge in [0, 0.05) is 17.3 Å². The topological polar surface area (TPSA) is 64.6 Å². The highest BCUT2D eigenvalue weighted by Crippen LogP contribution is 2.43. The van der Waals surface area contributed by atoms with Crippen molar-refractivity contribution in [3.8, 4) is 0 Å². The standard InChI is InChI=1S/C18H27NO4/c1-5-10-23-18(21)15-12(3)19-11(2)14(17(20)22-4)16(15)13-8-6-7-9-13/h13,16,19H,5-10H2,1-4H3. The van der Waals surface area contributed by atoms with Crippen molar-refractivity contribution >= 4 is 11.9 Å². The second kappa shape index (κ2) is 7.66. The molecule has 1 heterocycles. The van der Waals surface area contributed by atoms with E-state index in [4.69, 9.17) is 9.47 Å². The molecule has 1 N–H and O–H groups in total. The smallest absolute Gasteiger partial charge is 0.336 e. The van der Waals surface area contributed by atoms with Gasteiger partial charge in [-0.25, -0.2) is 9.59 Å². The molecule has 1 aliphatic carbocycles. The van der Waals surface area contributed by atoms with Crippen molar-refractivity contribution < 1.29 is 19.1 Å². The molecule has 1 aliphatic heterocycles. The van der Waals surface area contributed by atoms with E-state index in [9.17, 15) is 9.59 Å². The molecule has 2 rings (SSSR count). The van der Waals surface area contributed by atoms with Crippen LogP contribution >= 0.6 is 0 Å².